The maximum Gasteiger partial charge on any atom is 0.524 e. The zero-order valence-corrected chi connectivity index (χ0v) is 42.9. The minimum Gasteiger partial charge on any atom is -0.508 e. The Bertz CT molecular complexity index is 1690. The normalized spacial score (nSPS) is 13.8. The summed E-state index contributed by atoms with van der Waals surface area (Å²) in [5.41, 5.74) is -1.24. The molecule has 0 bridgehead atoms. The average molecular weight is 1110 g/mol. The maximum atomic E-state index is 13.5. The topological polar surface area (TPSA) is 193 Å². The SMILES string of the molecule is CC(C)(C)OC(=O)CN(CCN(CCN(CC(=O)OC(C)(C)C)C[P+](=O)OC(C)(C)C)[C@@H](Cc1cc(I)c(O)c(I)c1-c1ccc(O)cc1)C(=O)O)C[P+](=O)OC(C)(C)C. The van der Waals surface area contributed by atoms with E-state index in [2.05, 4.69) is 0 Å². The third-order valence-corrected chi connectivity index (χ3v) is 12.5. The van der Waals surface area contributed by atoms with E-state index in [0.29, 0.717) is 23.8 Å². The number of aliphatic carboxylic acids is 1. The molecule has 19 heteroatoms. The fourth-order valence-electron chi connectivity index (χ4n) is 5.81. The van der Waals surface area contributed by atoms with Gasteiger partial charge in [0.2, 0.25) is 12.6 Å². The summed E-state index contributed by atoms with van der Waals surface area (Å²) in [5.74, 6) is -2.25. The van der Waals surface area contributed by atoms with Crippen LogP contribution < -0.4 is 0 Å². The van der Waals surface area contributed by atoms with E-state index in [1.54, 1.807) is 116 Å². The highest BCUT2D eigenvalue weighted by atomic mass is 127. The molecule has 3 atom stereocenters. The van der Waals surface area contributed by atoms with Crippen LogP contribution in [0.5, 0.6) is 11.5 Å². The summed E-state index contributed by atoms with van der Waals surface area (Å²) in [6, 6.07) is 6.88. The molecule has 0 fully saturated rings. The van der Waals surface area contributed by atoms with Crippen LogP contribution in [0.15, 0.2) is 30.3 Å². The van der Waals surface area contributed by atoms with E-state index in [9.17, 15) is 38.8 Å². The molecule has 0 saturated carbocycles. The molecule has 15 nitrogen and oxygen atoms in total. The molecule has 0 aromatic heterocycles. The van der Waals surface area contributed by atoms with Crippen molar-refractivity contribution in [1.82, 2.24) is 14.7 Å². The summed E-state index contributed by atoms with van der Waals surface area (Å²) in [5, 5.41) is 32.0. The Hall–Kier alpha value is -2.09. The standard InChI is InChI=1S/C41H61I2N3O12P2/c1-38(2,3)55-32(48)23-44(25-59(53)57-40(7,8)9)17-19-46(20-18-45(24-33(49)56-39(4,5)6)26-60(54)58-41(10,11)12)31(37(51)52)22-28-21-30(42)36(50)35(43)34(28)27-13-15-29(47)16-14-27/h13-16,21,31H,17-20,22-26H2,1-12H3,(H-2,47,50,51,52)/p+2/t31-/m0/s1. The Balaban J connectivity index is 2.69. The molecule has 0 spiro atoms. The summed E-state index contributed by atoms with van der Waals surface area (Å²) in [4.78, 5) is 44.6. The summed E-state index contributed by atoms with van der Waals surface area (Å²) >= 11 is 4.02. The molecule has 0 saturated heterocycles. The molecule has 2 rings (SSSR count). The van der Waals surface area contributed by atoms with Crippen LogP contribution in [0, 0.1) is 7.14 Å². The number of benzene rings is 2. The van der Waals surface area contributed by atoms with Gasteiger partial charge in [0, 0.05) is 31.7 Å². The van der Waals surface area contributed by atoms with Gasteiger partial charge >= 0.3 is 34.0 Å². The van der Waals surface area contributed by atoms with Gasteiger partial charge in [0.25, 0.3) is 0 Å². The quantitative estimate of drug-likeness (QED) is 0.0611. The van der Waals surface area contributed by atoms with Gasteiger partial charge in [-0.05, 0) is 173 Å². The highest BCUT2D eigenvalue weighted by Gasteiger charge is 2.36. The molecule has 60 heavy (non-hydrogen) atoms. The molecule has 0 aliphatic carbocycles. The van der Waals surface area contributed by atoms with Crippen molar-refractivity contribution in [2.45, 2.75) is 118 Å². The largest absolute Gasteiger partial charge is 0.524 e. The van der Waals surface area contributed by atoms with Gasteiger partial charge in [-0.25, -0.2) is 9.80 Å². The van der Waals surface area contributed by atoms with Crippen molar-refractivity contribution < 1.29 is 57.4 Å². The summed E-state index contributed by atoms with van der Waals surface area (Å²) in [6.45, 7) is 20.6. The summed E-state index contributed by atoms with van der Waals surface area (Å²) in [7, 11) is -4.58. The summed E-state index contributed by atoms with van der Waals surface area (Å²) in [6.07, 6.45) is -0.350. The number of aromatic hydroxyl groups is 2. The lowest BCUT2D eigenvalue weighted by atomic mass is 9.94. The number of esters is 2. The molecular formula is C41H63I2N3O12P2+2. The number of hydrogen-bond acceptors (Lipinski definition) is 14. The molecule has 2 aromatic rings. The van der Waals surface area contributed by atoms with Crippen LogP contribution in [0.2, 0.25) is 0 Å². The van der Waals surface area contributed by atoms with E-state index in [-0.39, 0.29) is 69.8 Å². The molecular weight excluding hydrogens is 1040 g/mol. The first-order valence-electron chi connectivity index (χ1n) is 19.4. The Morgan fingerprint density at radius 1 is 0.683 bits per heavy atom. The zero-order chi connectivity index (χ0) is 46.0. The first-order chi connectivity index (χ1) is 27.3. The van der Waals surface area contributed by atoms with Gasteiger partial charge < -0.3 is 24.8 Å². The average Bonchev–Trinajstić information content (AvgIpc) is 3.03. The third kappa shape index (κ3) is 20.9. The second-order valence-electron chi connectivity index (χ2n) is 18.3. The first kappa shape index (κ1) is 54.0. The molecule has 0 aliphatic heterocycles. The molecule has 2 unspecified atom stereocenters. The van der Waals surface area contributed by atoms with Crippen molar-refractivity contribution >= 4 is 79.1 Å². The highest BCUT2D eigenvalue weighted by Crippen LogP contribution is 2.39. The van der Waals surface area contributed by atoms with E-state index in [0.717, 1.165) is 0 Å². The third-order valence-electron chi connectivity index (χ3n) is 7.91. The zero-order valence-electron chi connectivity index (χ0n) is 36.8. The van der Waals surface area contributed by atoms with Crippen LogP contribution in [0.4, 0.5) is 0 Å². The monoisotopic (exact) mass is 1110 g/mol. The number of phenols is 2. The van der Waals surface area contributed by atoms with Gasteiger partial charge in [-0.2, -0.15) is 0 Å². The first-order valence-corrected chi connectivity index (χ1v) is 24.3. The van der Waals surface area contributed by atoms with E-state index < -0.39 is 62.4 Å². The number of carbonyl (C=O) groups excluding carboxylic acids is 2. The Morgan fingerprint density at radius 3 is 1.47 bits per heavy atom. The number of halogens is 2. The number of carboxylic acid groups (broad SMARTS) is 1. The molecule has 0 radical (unpaired) electrons. The van der Waals surface area contributed by atoms with Crippen molar-refractivity contribution in [3.8, 4) is 22.6 Å². The lowest BCUT2D eigenvalue weighted by molar-refractivity contribution is -0.157. The molecule has 336 valence electrons. The second-order valence-corrected chi connectivity index (χ2v) is 22.8. The van der Waals surface area contributed by atoms with Gasteiger partial charge in [0.1, 0.15) is 53.0 Å². The van der Waals surface area contributed by atoms with Crippen LogP contribution >= 0.6 is 61.2 Å². The maximum absolute atomic E-state index is 13.5. The van der Waals surface area contributed by atoms with Gasteiger partial charge in [-0.1, -0.05) is 12.1 Å². The summed E-state index contributed by atoms with van der Waals surface area (Å²) < 4.78 is 50.1. The van der Waals surface area contributed by atoms with Crippen LogP contribution in [0.25, 0.3) is 11.1 Å². The number of carbonyl (C=O) groups is 3. The molecule has 0 amide bonds. The van der Waals surface area contributed by atoms with Crippen molar-refractivity contribution in [2.75, 3.05) is 51.8 Å². The minimum absolute atomic E-state index is 0.0282. The highest BCUT2D eigenvalue weighted by molar-refractivity contribution is 14.1. The smallest absolute Gasteiger partial charge is 0.508 e. The van der Waals surface area contributed by atoms with E-state index >= 15 is 0 Å². The lowest BCUT2D eigenvalue weighted by Gasteiger charge is -2.33. The van der Waals surface area contributed by atoms with Crippen molar-refractivity contribution in [2.24, 2.45) is 0 Å². The van der Waals surface area contributed by atoms with Crippen molar-refractivity contribution in [3.63, 3.8) is 0 Å². The molecule has 0 aliphatic rings. The molecule has 3 N–H and O–H groups in total. The fourth-order valence-corrected chi connectivity index (χ4v) is 10.4. The number of phenolic OH excluding ortho intramolecular Hbond substituents is 2. The van der Waals surface area contributed by atoms with E-state index in [4.69, 9.17) is 18.5 Å². The number of hydrogen-bond donors (Lipinski definition) is 3. The predicted octanol–water partition coefficient (Wildman–Crippen LogP) is 8.59. The number of carboxylic acids is 1. The van der Waals surface area contributed by atoms with Crippen LogP contribution in [-0.2, 0) is 48.5 Å². The van der Waals surface area contributed by atoms with Crippen molar-refractivity contribution in [1.29, 1.82) is 0 Å². The van der Waals surface area contributed by atoms with Gasteiger partial charge in [0.05, 0.1) is 7.14 Å². The Labute approximate surface area is 384 Å². The van der Waals surface area contributed by atoms with Crippen LogP contribution in [0.1, 0.15) is 88.6 Å². The molecule has 0 heterocycles. The van der Waals surface area contributed by atoms with Crippen LogP contribution in [-0.4, -0.2) is 128 Å². The van der Waals surface area contributed by atoms with Gasteiger partial charge in [-0.15, -0.1) is 9.05 Å². The van der Waals surface area contributed by atoms with E-state index in [1.165, 1.54) is 12.1 Å². The lowest BCUT2D eigenvalue weighted by Crippen LogP contribution is -2.50. The molecule has 2 aromatic carbocycles. The predicted molar refractivity (Wildman–Crippen MR) is 249 cm³/mol. The number of rotatable bonds is 21. The van der Waals surface area contributed by atoms with Crippen LogP contribution in [0.3, 0.4) is 0 Å². The van der Waals surface area contributed by atoms with E-state index in [1.807, 2.05) is 45.2 Å². The second kappa shape index (κ2) is 23.0. The van der Waals surface area contributed by atoms with Gasteiger partial charge in [0.15, 0.2) is 0 Å². The minimum atomic E-state index is -2.29. The Morgan fingerprint density at radius 2 is 1.10 bits per heavy atom. The Kier molecular flexibility index (Phi) is 20.7. The number of nitrogens with zero attached hydrogens (tertiary/aromatic N) is 3. The number of ether oxygens (including phenoxy) is 2. The van der Waals surface area contributed by atoms with Crippen molar-refractivity contribution in [3.05, 3.63) is 43.0 Å². The van der Waals surface area contributed by atoms with Gasteiger partial charge in [-0.3, -0.25) is 19.3 Å². The fraction of sp³-hybridized carbons (Fsp3) is 0.634.